The van der Waals surface area contributed by atoms with Gasteiger partial charge in [-0.25, -0.2) is 4.98 Å². The maximum absolute atomic E-state index is 6.13. The Balaban J connectivity index is 1.73. The van der Waals surface area contributed by atoms with Crippen molar-refractivity contribution < 1.29 is 0 Å². The zero-order valence-electron chi connectivity index (χ0n) is 11.3. The number of hydrogen-bond acceptors (Lipinski definition) is 3. The largest absolute Gasteiger partial charge is 0.333 e. The van der Waals surface area contributed by atoms with Crippen molar-refractivity contribution in [2.75, 3.05) is 13.6 Å². The molecule has 1 saturated heterocycles. The molecule has 0 saturated carbocycles. The van der Waals surface area contributed by atoms with Gasteiger partial charge in [0.2, 0.25) is 0 Å². The molecule has 1 aromatic rings. The summed E-state index contributed by atoms with van der Waals surface area (Å²) in [6, 6.07) is 0.823. The first-order valence-corrected chi connectivity index (χ1v) is 7.26. The lowest BCUT2D eigenvalue weighted by Crippen LogP contribution is -2.37. The summed E-state index contributed by atoms with van der Waals surface area (Å²) in [5.74, 6) is 1.11. The van der Waals surface area contributed by atoms with Crippen molar-refractivity contribution in [2.45, 2.75) is 57.2 Å². The minimum absolute atomic E-state index is 0.150. The van der Waals surface area contributed by atoms with Crippen LogP contribution < -0.4 is 5.73 Å². The van der Waals surface area contributed by atoms with E-state index >= 15 is 0 Å². The van der Waals surface area contributed by atoms with E-state index in [0.717, 1.165) is 25.2 Å². The van der Waals surface area contributed by atoms with Crippen LogP contribution in [0.3, 0.4) is 0 Å². The Bertz CT molecular complexity index is 412. The summed E-state index contributed by atoms with van der Waals surface area (Å²) in [7, 11) is 2.24. The zero-order chi connectivity index (χ0) is 12.5. The summed E-state index contributed by atoms with van der Waals surface area (Å²) in [4.78, 5) is 7.26. The Morgan fingerprint density at radius 2 is 2.17 bits per heavy atom. The van der Waals surface area contributed by atoms with Crippen molar-refractivity contribution in [1.82, 2.24) is 14.5 Å². The SMILES string of the molecule is CN1CCCCC1Cc1cn2c(n1)C(N)CCC2. The third-order valence-corrected chi connectivity index (χ3v) is 4.47. The van der Waals surface area contributed by atoms with Crippen LogP contribution in [0.4, 0.5) is 0 Å². The topological polar surface area (TPSA) is 47.1 Å². The number of likely N-dealkylation sites (tertiary alicyclic amines) is 1. The van der Waals surface area contributed by atoms with Crippen molar-refractivity contribution in [3.05, 3.63) is 17.7 Å². The second-order valence-electron chi connectivity index (χ2n) is 5.87. The Morgan fingerprint density at radius 1 is 1.28 bits per heavy atom. The van der Waals surface area contributed by atoms with Gasteiger partial charge in [0.05, 0.1) is 11.7 Å². The summed E-state index contributed by atoms with van der Waals surface area (Å²) < 4.78 is 2.27. The molecule has 0 aromatic carbocycles. The van der Waals surface area contributed by atoms with Gasteiger partial charge in [0.1, 0.15) is 5.82 Å². The fourth-order valence-electron chi connectivity index (χ4n) is 3.31. The van der Waals surface area contributed by atoms with E-state index in [1.165, 1.54) is 37.9 Å². The van der Waals surface area contributed by atoms with Gasteiger partial charge >= 0.3 is 0 Å². The van der Waals surface area contributed by atoms with E-state index < -0.39 is 0 Å². The molecule has 0 bridgehead atoms. The van der Waals surface area contributed by atoms with Gasteiger partial charge in [-0.05, 0) is 39.3 Å². The molecule has 4 nitrogen and oxygen atoms in total. The van der Waals surface area contributed by atoms with Crippen molar-refractivity contribution in [3.8, 4) is 0 Å². The Morgan fingerprint density at radius 3 is 2.94 bits per heavy atom. The van der Waals surface area contributed by atoms with Crippen LogP contribution in [-0.2, 0) is 13.0 Å². The summed E-state index contributed by atoms with van der Waals surface area (Å²) in [6.07, 6.45) is 9.61. The van der Waals surface area contributed by atoms with Crippen molar-refractivity contribution in [1.29, 1.82) is 0 Å². The van der Waals surface area contributed by atoms with E-state index in [9.17, 15) is 0 Å². The van der Waals surface area contributed by atoms with Crippen LogP contribution in [0.1, 0.15) is 49.7 Å². The van der Waals surface area contributed by atoms with E-state index in [-0.39, 0.29) is 6.04 Å². The van der Waals surface area contributed by atoms with Crippen LogP contribution in [0.5, 0.6) is 0 Å². The van der Waals surface area contributed by atoms with Crippen LogP contribution in [-0.4, -0.2) is 34.1 Å². The molecule has 1 aromatic heterocycles. The molecule has 2 aliphatic heterocycles. The molecule has 3 heterocycles. The fourth-order valence-corrected chi connectivity index (χ4v) is 3.31. The molecule has 100 valence electrons. The first kappa shape index (κ1) is 12.2. The zero-order valence-corrected chi connectivity index (χ0v) is 11.3. The van der Waals surface area contributed by atoms with Crippen LogP contribution in [0.25, 0.3) is 0 Å². The Labute approximate surface area is 109 Å². The van der Waals surface area contributed by atoms with E-state index in [4.69, 9.17) is 10.7 Å². The van der Waals surface area contributed by atoms with Crippen LogP contribution >= 0.6 is 0 Å². The third-order valence-electron chi connectivity index (χ3n) is 4.47. The number of likely N-dealkylation sites (N-methyl/N-ethyl adjacent to an activating group) is 1. The molecule has 2 aliphatic rings. The predicted molar refractivity (Wildman–Crippen MR) is 72.4 cm³/mol. The number of imidazole rings is 1. The third kappa shape index (κ3) is 2.31. The van der Waals surface area contributed by atoms with Gasteiger partial charge < -0.3 is 15.2 Å². The molecule has 4 heteroatoms. The second-order valence-corrected chi connectivity index (χ2v) is 5.87. The highest BCUT2D eigenvalue weighted by Gasteiger charge is 2.23. The summed E-state index contributed by atoms with van der Waals surface area (Å²) in [6.45, 7) is 2.33. The van der Waals surface area contributed by atoms with E-state index in [0.29, 0.717) is 6.04 Å². The molecule has 0 amide bonds. The molecule has 18 heavy (non-hydrogen) atoms. The predicted octanol–water partition coefficient (Wildman–Crippen LogP) is 1.70. The van der Waals surface area contributed by atoms with Crippen LogP contribution in [0, 0.1) is 0 Å². The van der Waals surface area contributed by atoms with Gasteiger partial charge in [-0.2, -0.15) is 0 Å². The van der Waals surface area contributed by atoms with Crippen LogP contribution in [0.2, 0.25) is 0 Å². The van der Waals surface area contributed by atoms with E-state index in [2.05, 4.69) is 22.7 Å². The lowest BCUT2D eigenvalue weighted by molar-refractivity contribution is 0.184. The van der Waals surface area contributed by atoms with Crippen molar-refractivity contribution in [3.63, 3.8) is 0 Å². The minimum Gasteiger partial charge on any atom is -0.333 e. The molecule has 2 N–H and O–H groups in total. The Kier molecular flexibility index (Phi) is 3.39. The first-order chi connectivity index (χ1) is 8.74. The smallest absolute Gasteiger partial charge is 0.125 e. The summed E-state index contributed by atoms with van der Waals surface area (Å²) in [5, 5.41) is 0. The average molecular weight is 248 g/mol. The molecule has 2 unspecified atom stereocenters. The van der Waals surface area contributed by atoms with E-state index in [1.54, 1.807) is 0 Å². The standard InChI is InChI=1S/C14H24N4/c1-17-7-3-2-5-12(17)9-11-10-18-8-4-6-13(15)14(18)16-11/h10,12-13H,2-9,15H2,1H3. The number of nitrogens with zero attached hydrogens (tertiary/aromatic N) is 3. The van der Waals surface area contributed by atoms with Crippen LogP contribution in [0.15, 0.2) is 6.20 Å². The molecule has 0 radical (unpaired) electrons. The highest BCUT2D eigenvalue weighted by molar-refractivity contribution is 5.11. The number of fused-ring (bicyclic) bond motifs is 1. The average Bonchev–Trinajstić information content (AvgIpc) is 2.76. The van der Waals surface area contributed by atoms with Gasteiger partial charge in [-0.3, -0.25) is 0 Å². The van der Waals surface area contributed by atoms with Gasteiger partial charge in [0.15, 0.2) is 0 Å². The number of aryl methyl sites for hydroxylation is 1. The molecular formula is C14H24N4. The first-order valence-electron chi connectivity index (χ1n) is 7.26. The molecule has 0 spiro atoms. The fraction of sp³-hybridized carbons (Fsp3) is 0.786. The molecular weight excluding hydrogens is 224 g/mol. The molecule has 1 fully saturated rings. The number of nitrogens with two attached hydrogens (primary N) is 1. The van der Waals surface area contributed by atoms with Gasteiger partial charge in [-0.15, -0.1) is 0 Å². The second kappa shape index (κ2) is 5.02. The number of hydrogen-bond donors (Lipinski definition) is 1. The monoisotopic (exact) mass is 248 g/mol. The lowest BCUT2D eigenvalue weighted by atomic mass is 9.99. The Hall–Kier alpha value is -0.870. The van der Waals surface area contributed by atoms with Gasteiger partial charge in [0.25, 0.3) is 0 Å². The molecule has 0 aliphatic carbocycles. The highest BCUT2D eigenvalue weighted by Crippen LogP contribution is 2.24. The highest BCUT2D eigenvalue weighted by atomic mass is 15.1. The lowest BCUT2D eigenvalue weighted by Gasteiger charge is -2.31. The van der Waals surface area contributed by atoms with Crippen molar-refractivity contribution in [2.24, 2.45) is 5.73 Å². The molecule has 3 rings (SSSR count). The van der Waals surface area contributed by atoms with Gasteiger partial charge in [0, 0.05) is 25.2 Å². The summed E-state index contributed by atoms with van der Waals surface area (Å²) >= 11 is 0. The van der Waals surface area contributed by atoms with Gasteiger partial charge in [-0.1, -0.05) is 6.42 Å². The summed E-state index contributed by atoms with van der Waals surface area (Å²) in [5.41, 5.74) is 7.36. The van der Waals surface area contributed by atoms with Crippen molar-refractivity contribution >= 4 is 0 Å². The quantitative estimate of drug-likeness (QED) is 0.866. The maximum Gasteiger partial charge on any atom is 0.125 e. The number of aromatic nitrogens is 2. The molecule has 2 atom stereocenters. The normalized spacial score (nSPS) is 29.2. The number of rotatable bonds is 2. The minimum atomic E-state index is 0.150. The van der Waals surface area contributed by atoms with E-state index in [1.807, 2.05) is 0 Å². The number of piperidine rings is 1. The maximum atomic E-state index is 6.13.